The molecule has 4 N–H and O–H groups in total. The molecule has 0 aromatic carbocycles. The maximum Gasteiger partial charge on any atom is 0.472 e. The van der Waals surface area contributed by atoms with Crippen molar-refractivity contribution in [3.8, 4) is 0 Å². The number of carboxylic acid groups (broad SMARTS) is 1. The standard InChI is InChI=1S/C30H58NO10P/c1-3-5-7-9-10-11-12-13-14-15-16-17-18-19-21-28(33)31-27(30(35)36)25-41-42(37,38)40-24-26(32)23-39-29(34)22-20-8-6-4-2/h26-27,32H,3-25H2,1-2H3,(H,31,33)(H,35,36)(H,37,38). The van der Waals surface area contributed by atoms with Crippen molar-refractivity contribution in [1.29, 1.82) is 0 Å². The van der Waals surface area contributed by atoms with Crippen molar-refractivity contribution in [3.05, 3.63) is 0 Å². The first-order valence-corrected chi connectivity index (χ1v) is 17.6. The lowest BCUT2D eigenvalue weighted by Gasteiger charge is -2.18. The van der Waals surface area contributed by atoms with Gasteiger partial charge in [0, 0.05) is 12.8 Å². The van der Waals surface area contributed by atoms with Gasteiger partial charge in [-0.05, 0) is 12.8 Å². The molecule has 248 valence electrons. The molecule has 0 aromatic rings. The SMILES string of the molecule is CCCCCCCCCCCCCCCCC(=O)NC(COP(=O)(O)OCC(O)COC(=O)CCCCCC)C(=O)O. The predicted molar refractivity (Wildman–Crippen MR) is 162 cm³/mol. The molecule has 0 aliphatic carbocycles. The third-order valence-corrected chi connectivity index (χ3v) is 7.85. The van der Waals surface area contributed by atoms with Crippen molar-refractivity contribution in [3.63, 3.8) is 0 Å². The molecule has 0 rings (SSSR count). The van der Waals surface area contributed by atoms with Crippen LogP contribution in [0.15, 0.2) is 0 Å². The number of hydrogen-bond acceptors (Lipinski definition) is 8. The van der Waals surface area contributed by atoms with Crippen LogP contribution in [0.1, 0.15) is 142 Å². The summed E-state index contributed by atoms with van der Waals surface area (Å²) in [5.74, 6) is -2.39. The topological polar surface area (TPSA) is 169 Å². The molecule has 0 saturated carbocycles. The molecule has 0 fully saturated rings. The zero-order chi connectivity index (χ0) is 31.5. The first kappa shape index (κ1) is 40.5. The lowest BCUT2D eigenvalue weighted by Crippen LogP contribution is -2.43. The van der Waals surface area contributed by atoms with Gasteiger partial charge in [-0.2, -0.15) is 0 Å². The molecular weight excluding hydrogens is 565 g/mol. The minimum Gasteiger partial charge on any atom is -0.480 e. The minimum absolute atomic E-state index is 0.151. The van der Waals surface area contributed by atoms with Gasteiger partial charge < -0.3 is 25.2 Å². The highest BCUT2D eigenvalue weighted by Crippen LogP contribution is 2.43. The van der Waals surface area contributed by atoms with E-state index in [1.165, 1.54) is 64.2 Å². The highest BCUT2D eigenvalue weighted by molar-refractivity contribution is 7.47. The Balaban J connectivity index is 4.00. The molecule has 11 nitrogen and oxygen atoms in total. The number of aliphatic carboxylic acids is 1. The molecule has 0 spiro atoms. The number of phosphoric ester groups is 1. The van der Waals surface area contributed by atoms with Crippen LogP contribution in [0.4, 0.5) is 0 Å². The second-order valence-corrected chi connectivity index (χ2v) is 12.5. The number of carbonyl (C=O) groups is 3. The summed E-state index contributed by atoms with van der Waals surface area (Å²) in [5.41, 5.74) is 0. The Labute approximate surface area is 253 Å². The van der Waals surface area contributed by atoms with Gasteiger partial charge in [0.05, 0.1) is 13.2 Å². The third kappa shape index (κ3) is 26.1. The quantitative estimate of drug-likeness (QED) is 0.0397. The third-order valence-electron chi connectivity index (χ3n) is 6.90. The smallest absolute Gasteiger partial charge is 0.472 e. The summed E-state index contributed by atoms with van der Waals surface area (Å²) < 4.78 is 26.4. The summed E-state index contributed by atoms with van der Waals surface area (Å²) in [4.78, 5) is 45.1. The second-order valence-electron chi connectivity index (χ2n) is 11.0. The highest BCUT2D eigenvalue weighted by atomic mass is 31.2. The number of amides is 1. The maximum absolute atomic E-state index is 12.2. The molecule has 0 saturated heterocycles. The van der Waals surface area contributed by atoms with Gasteiger partial charge in [0.25, 0.3) is 0 Å². The monoisotopic (exact) mass is 623 g/mol. The number of esters is 1. The normalized spacial score (nSPS) is 14.2. The van der Waals surface area contributed by atoms with Crippen LogP contribution in [0, 0.1) is 0 Å². The molecular formula is C30H58NO10P. The molecule has 3 unspecified atom stereocenters. The molecule has 0 aliphatic rings. The van der Waals surface area contributed by atoms with Gasteiger partial charge in [0.15, 0.2) is 6.04 Å². The molecule has 0 radical (unpaired) electrons. The van der Waals surface area contributed by atoms with Gasteiger partial charge in [-0.3, -0.25) is 18.6 Å². The van der Waals surface area contributed by atoms with Crippen LogP contribution in [-0.4, -0.2) is 64.9 Å². The fourth-order valence-electron chi connectivity index (χ4n) is 4.31. The highest BCUT2D eigenvalue weighted by Gasteiger charge is 2.28. The van der Waals surface area contributed by atoms with Gasteiger partial charge >= 0.3 is 19.8 Å². The molecule has 0 aromatic heterocycles. The van der Waals surface area contributed by atoms with E-state index in [4.69, 9.17) is 9.26 Å². The van der Waals surface area contributed by atoms with Gasteiger partial charge in [-0.15, -0.1) is 0 Å². The van der Waals surface area contributed by atoms with E-state index >= 15 is 0 Å². The number of carbonyl (C=O) groups excluding carboxylic acids is 2. The number of aliphatic hydroxyl groups excluding tert-OH is 1. The van der Waals surface area contributed by atoms with Gasteiger partial charge in [-0.25, -0.2) is 9.36 Å². The number of unbranched alkanes of at least 4 members (excludes halogenated alkanes) is 16. The van der Waals surface area contributed by atoms with Crippen LogP contribution < -0.4 is 5.32 Å². The summed E-state index contributed by atoms with van der Waals surface area (Å²) in [6.45, 7) is 2.41. The number of nitrogens with one attached hydrogen (secondary N) is 1. The van der Waals surface area contributed by atoms with E-state index in [1.807, 2.05) is 0 Å². The van der Waals surface area contributed by atoms with Crippen molar-refractivity contribution in [2.75, 3.05) is 19.8 Å². The summed E-state index contributed by atoms with van der Waals surface area (Å²) in [5, 5.41) is 21.5. The van der Waals surface area contributed by atoms with Crippen LogP contribution in [0.25, 0.3) is 0 Å². The Kier molecular flexibility index (Phi) is 26.1. The van der Waals surface area contributed by atoms with E-state index in [9.17, 15) is 34.1 Å². The number of hydrogen-bond donors (Lipinski definition) is 4. The predicted octanol–water partition coefficient (Wildman–Crippen LogP) is 6.44. The van der Waals surface area contributed by atoms with Gasteiger partial charge in [0.1, 0.15) is 12.7 Å². The summed E-state index contributed by atoms with van der Waals surface area (Å²) in [6.07, 6.45) is 19.3. The molecule has 0 bridgehead atoms. The summed E-state index contributed by atoms with van der Waals surface area (Å²) in [7, 11) is -4.72. The molecule has 0 aliphatic heterocycles. The molecule has 3 atom stereocenters. The molecule has 0 heterocycles. The summed E-state index contributed by atoms with van der Waals surface area (Å²) in [6, 6.07) is -1.54. The Bertz CT molecular complexity index is 752. The zero-order valence-corrected chi connectivity index (χ0v) is 27.0. The van der Waals surface area contributed by atoms with Crippen LogP contribution in [0.2, 0.25) is 0 Å². The van der Waals surface area contributed by atoms with E-state index in [0.29, 0.717) is 12.8 Å². The van der Waals surface area contributed by atoms with E-state index in [2.05, 4.69) is 23.7 Å². The number of carboxylic acids is 1. The van der Waals surface area contributed by atoms with Crippen molar-refractivity contribution in [2.45, 2.75) is 154 Å². The lowest BCUT2D eigenvalue weighted by molar-refractivity contribution is -0.147. The first-order valence-electron chi connectivity index (χ1n) is 16.1. The zero-order valence-electron chi connectivity index (χ0n) is 26.1. The second kappa shape index (κ2) is 27.1. The fraction of sp³-hybridized carbons (Fsp3) is 0.900. The number of rotatable bonds is 30. The van der Waals surface area contributed by atoms with Crippen LogP contribution in [-0.2, 0) is 32.7 Å². The van der Waals surface area contributed by atoms with Gasteiger partial charge in [-0.1, -0.05) is 117 Å². The Hall–Kier alpha value is -1.52. The average Bonchev–Trinajstić information content (AvgIpc) is 2.95. The van der Waals surface area contributed by atoms with Crippen molar-refractivity contribution < 1.29 is 47.8 Å². The average molecular weight is 624 g/mol. The van der Waals surface area contributed by atoms with Crippen molar-refractivity contribution >= 4 is 25.7 Å². The minimum atomic E-state index is -4.72. The van der Waals surface area contributed by atoms with E-state index in [0.717, 1.165) is 38.5 Å². The van der Waals surface area contributed by atoms with Crippen molar-refractivity contribution in [1.82, 2.24) is 5.32 Å². The van der Waals surface area contributed by atoms with Crippen LogP contribution in [0.3, 0.4) is 0 Å². The molecule has 12 heteroatoms. The summed E-state index contributed by atoms with van der Waals surface area (Å²) >= 11 is 0. The number of phosphoric acid groups is 1. The van der Waals surface area contributed by atoms with E-state index in [-0.39, 0.29) is 12.8 Å². The lowest BCUT2D eigenvalue weighted by atomic mass is 10.0. The molecule has 42 heavy (non-hydrogen) atoms. The number of ether oxygens (including phenoxy) is 1. The molecule has 1 amide bonds. The van der Waals surface area contributed by atoms with Crippen LogP contribution >= 0.6 is 7.82 Å². The largest absolute Gasteiger partial charge is 0.480 e. The van der Waals surface area contributed by atoms with Crippen molar-refractivity contribution in [2.24, 2.45) is 0 Å². The van der Waals surface area contributed by atoms with E-state index in [1.54, 1.807) is 0 Å². The Morgan fingerprint density at radius 1 is 0.667 bits per heavy atom. The Morgan fingerprint density at radius 3 is 1.60 bits per heavy atom. The first-order chi connectivity index (χ1) is 20.1. The van der Waals surface area contributed by atoms with E-state index < -0.39 is 57.6 Å². The fourth-order valence-corrected chi connectivity index (χ4v) is 5.09. The Morgan fingerprint density at radius 2 is 1.10 bits per heavy atom. The van der Waals surface area contributed by atoms with Gasteiger partial charge in [0.2, 0.25) is 5.91 Å². The van der Waals surface area contributed by atoms with Crippen LogP contribution in [0.5, 0.6) is 0 Å². The maximum atomic E-state index is 12.2. The number of aliphatic hydroxyl groups is 1.